The van der Waals surface area contributed by atoms with Crippen LogP contribution in [0.5, 0.6) is 0 Å². The first-order valence-corrected chi connectivity index (χ1v) is 16.3. The van der Waals surface area contributed by atoms with E-state index in [2.05, 4.69) is 110 Å². The van der Waals surface area contributed by atoms with E-state index in [0.29, 0.717) is 0 Å². The Hall–Kier alpha value is -1.98. The van der Waals surface area contributed by atoms with Gasteiger partial charge in [0.2, 0.25) is 0 Å². The lowest BCUT2D eigenvalue weighted by atomic mass is 10.1. The van der Waals surface area contributed by atoms with Crippen molar-refractivity contribution in [3.63, 3.8) is 0 Å². The topological polar surface area (TPSA) is 59.5 Å². The zero-order valence-electron chi connectivity index (χ0n) is 22.8. The Kier molecular flexibility index (Phi) is 15.9. The van der Waals surface area contributed by atoms with Crippen molar-refractivity contribution in [3.8, 4) is 0 Å². The second-order valence-electron chi connectivity index (χ2n) is 9.62. The zero-order valence-corrected chi connectivity index (χ0v) is 27.6. The molecule has 0 radical (unpaired) electrons. The fraction of sp³-hybridized carbons (Fsp3) is 0.333. The number of benzene rings is 2. The maximum atomic E-state index is 5.86. The second-order valence-corrected chi connectivity index (χ2v) is 12.0. The first kappa shape index (κ1) is 34.5. The van der Waals surface area contributed by atoms with Crippen molar-refractivity contribution in [3.05, 3.63) is 129 Å². The normalized spacial score (nSPS) is 18.4. The van der Waals surface area contributed by atoms with Crippen LogP contribution in [0.25, 0.3) is 0 Å². The molecule has 0 aliphatic carbocycles. The lowest BCUT2D eigenvalue weighted by Gasteiger charge is -2.33. The maximum Gasteiger partial charge on any atom is 0.0967 e. The predicted octanol–water partition coefficient (Wildman–Crippen LogP) is 8.14. The number of ether oxygens (including phenoxy) is 2. The number of hydrogen-bond donors (Lipinski definition) is 1. The summed E-state index contributed by atoms with van der Waals surface area (Å²) in [7, 11) is 0. The van der Waals surface area contributed by atoms with Gasteiger partial charge in [0.1, 0.15) is 0 Å². The van der Waals surface area contributed by atoms with Crippen LogP contribution in [0.2, 0.25) is 0 Å². The molecule has 2 aromatic carbocycles. The molecule has 0 saturated carbocycles. The van der Waals surface area contributed by atoms with Gasteiger partial charge in [-0.05, 0) is 47.5 Å². The summed E-state index contributed by atoms with van der Waals surface area (Å²) in [5.41, 5.74) is 4.95. The Bertz CT molecular complexity index is 1260. The van der Waals surface area contributed by atoms with E-state index >= 15 is 0 Å². The lowest BCUT2D eigenvalue weighted by molar-refractivity contribution is -0.0330. The number of halogens is 3. The van der Waals surface area contributed by atoms with Gasteiger partial charge in [-0.3, -0.25) is 14.9 Å². The van der Waals surface area contributed by atoms with Crippen molar-refractivity contribution in [2.45, 2.75) is 31.5 Å². The third-order valence-corrected chi connectivity index (χ3v) is 8.28. The number of rotatable bonds is 5. The molecule has 2 aliphatic rings. The molecule has 2 atom stereocenters. The van der Waals surface area contributed by atoms with E-state index in [4.69, 9.17) is 9.47 Å². The molecule has 9 heteroatoms. The molecule has 1 N–H and O–H groups in total. The van der Waals surface area contributed by atoms with Gasteiger partial charge >= 0.3 is 0 Å². The van der Waals surface area contributed by atoms with Crippen molar-refractivity contribution in [1.29, 1.82) is 0 Å². The van der Waals surface area contributed by atoms with Crippen molar-refractivity contribution in [2.75, 3.05) is 39.4 Å². The number of nitrogens with zero attached hydrogens (tertiary/aromatic N) is 3. The third kappa shape index (κ3) is 12.0. The predicted molar refractivity (Wildman–Crippen MR) is 182 cm³/mol. The quantitative estimate of drug-likeness (QED) is 0.207. The number of nitrogens with one attached hydrogen (secondary N) is 1. The van der Waals surface area contributed by atoms with Gasteiger partial charge in [0, 0.05) is 82.9 Å². The van der Waals surface area contributed by atoms with Gasteiger partial charge in [0.25, 0.3) is 0 Å². The minimum absolute atomic E-state index is 0. The summed E-state index contributed by atoms with van der Waals surface area (Å²) in [6.45, 7) is 6.28. The fourth-order valence-corrected chi connectivity index (χ4v) is 5.28. The average molecular weight is 763 g/mol. The van der Waals surface area contributed by atoms with Gasteiger partial charge in [-0.25, -0.2) is 0 Å². The van der Waals surface area contributed by atoms with Gasteiger partial charge in [-0.2, -0.15) is 0 Å². The molecule has 6 rings (SSSR count). The Morgan fingerprint density at radius 3 is 1.86 bits per heavy atom. The van der Waals surface area contributed by atoms with Gasteiger partial charge in [-0.15, -0.1) is 0 Å². The summed E-state index contributed by atoms with van der Waals surface area (Å²) < 4.78 is 13.7. The summed E-state index contributed by atoms with van der Waals surface area (Å²) in [5.74, 6) is 0. The summed E-state index contributed by atoms with van der Waals surface area (Å²) in [6, 6.07) is 24.8. The van der Waals surface area contributed by atoms with Crippen LogP contribution in [0.1, 0.15) is 41.9 Å². The Morgan fingerprint density at radius 2 is 1.33 bits per heavy atom. The third-order valence-electron chi connectivity index (χ3n) is 6.58. The Morgan fingerprint density at radius 1 is 0.762 bits per heavy atom. The van der Waals surface area contributed by atoms with Crippen molar-refractivity contribution in [1.82, 2.24) is 20.2 Å². The first-order valence-electron chi connectivity index (χ1n) is 13.6. The molecule has 4 heterocycles. The number of hydrogen-bond acceptors (Lipinski definition) is 6. The van der Waals surface area contributed by atoms with Gasteiger partial charge in [0.05, 0.1) is 25.4 Å². The number of morpholine rings is 2. The van der Waals surface area contributed by atoms with E-state index in [0.717, 1.165) is 71.3 Å². The SMILES string of the molecule is BrCc1ccc(Br)cc1.Brc1ccc(CN2CCOC(c3cccnc3)C2)cc1.C.c1cncc(C2CNCCO2)c1. The smallest absolute Gasteiger partial charge is 0.0967 e. The van der Waals surface area contributed by atoms with E-state index in [1.54, 1.807) is 12.4 Å². The molecule has 42 heavy (non-hydrogen) atoms. The van der Waals surface area contributed by atoms with Crippen LogP contribution in [-0.2, 0) is 21.3 Å². The standard InChI is InChI=1S/C16H17BrN2O.C9H12N2O.C7H6Br2.CH4/c17-15-5-3-13(4-6-15)11-19-8-9-20-16(12-19)14-2-1-7-18-10-14;1-2-8(6-10-3-1)9-7-11-4-5-12-9;8-5-6-1-3-7(9)4-2-6;/h1-7,10,16H,8-9,11-12H2;1-3,6,9,11H,4-5,7H2;1-4H,5H2;1H4. The van der Waals surface area contributed by atoms with Gasteiger partial charge in [-0.1, -0.05) is 91.6 Å². The molecule has 6 nitrogen and oxygen atoms in total. The molecule has 2 aromatic heterocycles. The molecule has 2 fully saturated rings. The van der Waals surface area contributed by atoms with E-state index in [1.165, 1.54) is 11.1 Å². The summed E-state index contributed by atoms with van der Waals surface area (Å²) in [5, 5.41) is 4.21. The van der Waals surface area contributed by atoms with Crippen LogP contribution < -0.4 is 5.32 Å². The lowest BCUT2D eigenvalue weighted by Crippen LogP contribution is -2.37. The van der Waals surface area contributed by atoms with E-state index < -0.39 is 0 Å². The highest BCUT2D eigenvalue weighted by Gasteiger charge is 2.22. The van der Waals surface area contributed by atoms with Crippen molar-refractivity contribution < 1.29 is 9.47 Å². The summed E-state index contributed by atoms with van der Waals surface area (Å²) in [6.07, 6.45) is 7.65. The molecular weight excluding hydrogens is 724 g/mol. The molecule has 0 spiro atoms. The molecule has 0 bridgehead atoms. The highest BCUT2D eigenvalue weighted by Crippen LogP contribution is 2.23. The zero-order chi connectivity index (χ0) is 28.7. The highest BCUT2D eigenvalue weighted by molar-refractivity contribution is 9.10. The number of pyridine rings is 2. The summed E-state index contributed by atoms with van der Waals surface area (Å²) in [4.78, 5) is 10.7. The van der Waals surface area contributed by atoms with Crippen molar-refractivity contribution >= 4 is 47.8 Å². The van der Waals surface area contributed by atoms with E-state index in [9.17, 15) is 0 Å². The molecule has 0 amide bonds. The average Bonchev–Trinajstić information content (AvgIpc) is 3.05. The second kappa shape index (κ2) is 19.3. The molecule has 2 saturated heterocycles. The maximum absolute atomic E-state index is 5.86. The number of alkyl halides is 1. The van der Waals surface area contributed by atoms with Gasteiger partial charge < -0.3 is 14.8 Å². The van der Waals surface area contributed by atoms with Crippen LogP contribution in [0.15, 0.2) is 107 Å². The minimum atomic E-state index is 0. The monoisotopic (exact) mass is 760 g/mol. The van der Waals surface area contributed by atoms with E-state index in [-0.39, 0.29) is 19.6 Å². The molecule has 2 unspecified atom stereocenters. The molecule has 2 aliphatic heterocycles. The first-order chi connectivity index (χ1) is 20.1. The number of aromatic nitrogens is 2. The Labute approximate surface area is 275 Å². The minimum Gasteiger partial charge on any atom is -0.371 e. The van der Waals surface area contributed by atoms with E-state index in [1.807, 2.05) is 42.7 Å². The highest BCUT2D eigenvalue weighted by atomic mass is 79.9. The fourth-order valence-electron chi connectivity index (χ4n) is 4.38. The van der Waals surface area contributed by atoms with Crippen LogP contribution in [0.4, 0.5) is 0 Å². The van der Waals surface area contributed by atoms with Gasteiger partial charge in [0.15, 0.2) is 0 Å². The largest absolute Gasteiger partial charge is 0.371 e. The Balaban J connectivity index is 0.000000188. The van der Waals surface area contributed by atoms with Crippen LogP contribution in [0.3, 0.4) is 0 Å². The molecular formula is C33H39Br3N4O2. The van der Waals surface area contributed by atoms with Crippen molar-refractivity contribution in [2.24, 2.45) is 0 Å². The van der Waals surface area contributed by atoms with Crippen LogP contribution >= 0.6 is 47.8 Å². The van der Waals surface area contributed by atoms with Crippen LogP contribution in [0, 0.1) is 0 Å². The molecule has 4 aromatic rings. The van der Waals surface area contributed by atoms with Crippen LogP contribution in [-0.4, -0.2) is 54.3 Å². The molecule has 224 valence electrons. The summed E-state index contributed by atoms with van der Waals surface area (Å²) >= 11 is 10.2.